The lowest BCUT2D eigenvalue weighted by Gasteiger charge is -2.49. The maximum absolute atomic E-state index is 15.0. The van der Waals surface area contributed by atoms with Crippen LogP contribution in [0.5, 0.6) is 0 Å². The maximum atomic E-state index is 15.0. The number of aliphatic hydroxyl groups is 1. The van der Waals surface area contributed by atoms with Crippen molar-refractivity contribution in [3.63, 3.8) is 0 Å². The molecule has 0 radical (unpaired) electrons. The molecule has 1 fully saturated rings. The van der Waals surface area contributed by atoms with Gasteiger partial charge < -0.3 is 14.9 Å². The third-order valence-electron chi connectivity index (χ3n) is 5.42. The highest BCUT2D eigenvalue weighted by molar-refractivity contribution is 8.13. The monoisotopic (exact) mass is 441 g/mol. The van der Waals surface area contributed by atoms with Gasteiger partial charge in [-0.2, -0.15) is 0 Å². The van der Waals surface area contributed by atoms with E-state index in [2.05, 4.69) is 0 Å². The Hall–Kier alpha value is -2.24. The first-order valence-corrected chi connectivity index (χ1v) is 10.4. The predicted octanol–water partition coefficient (Wildman–Crippen LogP) is 3.21. The van der Waals surface area contributed by atoms with Crippen LogP contribution >= 0.6 is 11.8 Å². The van der Waals surface area contributed by atoms with Gasteiger partial charge in [-0.3, -0.25) is 15.0 Å². The first-order chi connectivity index (χ1) is 14.0. The number of non-ortho nitro benzene ring substituents is 1. The molecule has 0 bridgehead atoms. The summed E-state index contributed by atoms with van der Waals surface area (Å²) < 4.78 is 20.7. The molecule has 1 aromatic rings. The third-order valence-corrected chi connectivity index (χ3v) is 6.48. The molecular formula is C19H24FN3O6S. The van der Waals surface area contributed by atoms with Crippen LogP contribution in [0.15, 0.2) is 23.2 Å². The number of rotatable bonds is 3. The zero-order chi connectivity index (χ0) is 22.3. The Labute approximate surface area is 177 Å². The minimum absolute atomic E-state index is 0.0143. The van der Waals surface area contributed by atoms with Gasteiger partial charge in [-0.05, 0) is 26.8 Å². The van der Waals surface area contributed by atoms with Crippen LogP contribution in [0.25, 0.3) is 0 Å². The van der Waals surface area contributed by atoms with Crippen molar-refractivity contribution in [2.45, 2.75) is 44.4 Å². The summed E-state index contributed by atoms with van der Waals surface area (Å²) in [6.45, 7) is 4.98. The van der Waals surface area contributed by atoms with Gasteiger partial charge in [0.2, 0.25) is 0 Å². The number of amidine groups is 1. The molecule has 11 heteroatoms. The van der Waals surface area contributed by atoms with Crippen molar-refractivity contribution < 1.29 is 29.1 Å². The molecule has 2 heterocycles. The lowest BCUT2D eigenvalue weighted by Crippen LogP contribution is -2.56. The first-order valence-electron chi connectivity index (χ1n) is 9.44. The van der Waals surface area contributed by atoms with E-state index < -0.39 is 39.9 Å². The number of nitro benzene ring substituents is 1. The highest BCUT2D eigenvalue weighted by Crippen LogP contribution is 2.50. The third kappa shape index (κ3) is 3.88. The summed E-state index contributed by atoms with van der Waals surface area (Å²) in [5, 5.41) is 31.1. The normalized spacial score (nSPS) is 26.5. The van der Waals surface area contributed by atoms with Gasteiger partial charge in [-0.15, -0.1) is 0 Å². The van der Waals surface area contributed by atoms with E-state index in [4.69, 9.17) is 9.73 Å². The lowest BCUT2D eigenvalue weighted by atomic mass is 9.72. The first kappa shape index (κ1) is 22.4. The molecule has 1 saturated heterocycles. The number of carbonyl (C=O) groups is 1. The number of fused-ring (bicyclic) bond motifs is 1. The van der Waals surface area contributed by atoms with E-state index in [0.717, 1.165) is 23.1 Å². The second kappa shape index (κ2) is 8.12. The number of hydrogen-bond acceptors (Lipinski definition) is 7. The number of halogens is 1. The smallest absolute Gasteiger partial charge is 0.413 e. The largest absolute Gasteiger partial charge is 0.465 e. The number of nitrogens with zero attached hydrogens (tertiary/aromatic N) is 3. The van der Waals surface area contributed by atoms with Crippen LogP contribution in [-0.4, -0.2) is 61.9 Å². The van der Waals surface area contributed by atoms with E-state index in [-0.39, 0.29) is 36.1 Å². The summed E-state index contributed by atoms with van der Waals surface area (Å²) in [6.07, 6.45) is -1.65. The second-order valence-corrected chi connectivity index (χ2v) is 9.28. The Bertz CT molecular complexity index is 890. The second-order valence-electron chi connectivity index (χ2n) is 8.29. The Balaban J connectivity index is 2.25. The van der Waals surface area contributed by atoms with Gasteiger partial charge in [0.25, 0.3) is 5.69 Å². The number of aliphatic hydroxyl groups excluding tert-OH is 1. The molecule has 0 saturated carbocycles. The number of benzene rings is 1. The van der Waals surface area contributed by atoms with Crippen molar-refractivity contribution in [2.24, 2.45) is 10.9 Å². The zero-order valence-corrected chi connectivity index (χ0v) is 17.7. The van der Waals surface area contributed by atoms with Gasteiger partial charge in [-0.1, -0.05) is 11.8 Å². The van der Waals surface area contributed by atoms with Gasteiger partial charge in [0, 0.05) is 47.9 Å². The summed E-state index contributed by atoms with van der Waals surface area (Å²) in [6, 6.07) is 3.26. The van der Waals surface area contributed by atoms with Crippen molar-refractivity contribution in [3.05, 3.63) is 39.7 Å². The summed E-state index contributed by atoms with van der Waals surface area (Å²) in [7, 11) is 0. The topological polar surface area (TPSA) is 126 Å². The summed E-state index contributed by atoms with van der Waals surface area (Å²) >= 11 is 1.19. The highest BCUT2D eigenvalue weighted by Gasteiger charge is 2.53. The van der Waals surface area contributed by atoms with Gasteiger partial charge in [0.1, 0.15) is 5.82 Å². The van der Waals surface area contributed by atoms with Crippen molar-refractivity contribution in [2.75, 3.05) is 19.0 Å². The zero-order valence-electron chi connectivity index (χ0n) is 16.9. The molecule has 164 valence electrons. The van der Waals surface area contributed by atoms with Gasteiger partial charge in [0.15, 0.2) is 5.17 Å². The number of aliphatic imine (C=N–C) groups is 1. The fourth-order valence-corrected chi connectivity index (χ4v) is 5.56. The van der Waals surface area contributed by atoms with Crippen molar-refractivity contribution >= 4 is 28.7 Å². The van der Waals surface area contributed by atoms with E-state index in [1.54, 1.807) is 20.8 Å². The van der Waals surface area contributed by atoms with Crippen LogP contribution in [0, 0.1) is 21.8 Å². The fourth-order valence-electron chi connectivity index (χ4n) is 4.03. The van der Waals surface area contributed by atoms with Crippen LogP contribution in [0.2, 0.25) is 0 Å². The summed E-state index contributed by atoms with van der Waals surface area (Å²) in [5.41, 5.74) is -2.37. The average molecular weight is 441 g/mol. The Morgan fingerprint density at radius 2 is 2.20 bits per heavy atom. The van der Waals surface area contributed by atoms with Crippen LogP contribution < -0.4 is 0 Å². The minimum atomic E-state index is -1.29. The molecule has 3 rings (SSSR count). The Morgan fingerprint density at radius 3 is 2.77 bits per heavy atom. The Kier molecular flexibility index (Phi) is 6.08. The molecular weight excluding hydrogens is 417 g/mol. The van der Waals surface area contributed by atoms with Crippen molar-refractivity contribution in [3.8, 4) is 0 Å². The van der Waals surface area contributed by atoms with Crippen molar-refractivity contribution in [1.29, 1.82) is 0 Å². The number of amides is 1. The van der Waals surface area contributed by atoms with E-state index in [0.29, 0.717) is 5.75 Å². The molecule has 0 spiro atoms. The molecule has 2 aliphatic rings. The van der Waals surface area contributed by atoms with Crippen LogP contribution in [0.3, 0.4) is 0 Å². The van der Waals surface area contributed by atoms with Crippen molar-refractivity contribution in [1.82, 2.24) is 4.90 Å². The van der Waals surface area contributed by atoms with Gasteiger partial charge in [-0.25, -0.2) is 14.2 Å². The van der Waals surface area contributed by atoms with E-state index in [1.165, 1.54) is 11.8 Å². The van der Waals surface area contributed by atoms with Crippen LogP contribution in [-0.2, 0) is 10.3 Å². The molecule has 2 aliphatic heterocycles. The van der Waals surface area contributed by atoms with E-state index >= 15 is 4.39 Å². The SMILES string of the molecule is CC(C)(C)N(C(=O)O)C1=NC2(c3cc([N+](=O)[O-])ccc3F)CCOC(CO)C2CS1. The quantitative estimate of drug-likeness (QED) is 0.545. The van der Waals surface area contributed by atoms with Crippen LogP contribution in [0.1, 0.15) is 32.8 Å². The molecule has 0 aromatic heterocycles. The van der Waals surface area contributed by atoms with Crippen LogP contribution in [0.4, 0.5) is 14.9 Å². The number of hydrogen-bond donors (Lipinski definition) is 2. The number of carboxylic acid groups (broad SMARTS) is 1. The molecule has 9 nitrogen and oxygen atoms in total. The van der Waals surface area contributed by atoms with Gasteiger partial charge >= 0.3 is 6.09 Å². The standard InChI is InChI=1S/C19H24FN3O6S/c1-18(2,3)22(17(25)26)16-21-19(6-7-29-15(9-24)13(19)10-30-16)12-8-11(23(27)28)4-5-14(12)20/h4-5,8,13,15,24H,6-7,9-10H2,1-3H3,(H,25,26). The average Bonchev–Trinajstić information content (AvgIpc) is 2.65. The molecule has 0 aliphatic carbocycles. The molecule has 30 heavy (non-hydrogen) atoms. The highest BCUT2D eigenvalue weighted by atomic mass is 32.2. The minimum Gasteiger partial charge on any atom is -0.465 e. The van der Waals surface area contributed by atoms with E-state index in [9.17, 15) is 25.1 Å². The lowest BCUT2D eigenvalue weighted by molar-refractivity contribution is -0.385. The number of ether oxygens (including phenoxy) is 1. The fraction of sp³-hybridized carbons (Fsp3) is 0.579. The Morgan fingerprint density at radius 1 is 1.50 bits per heavy atom. The molecule has 3 unspecified atom stereocenters. The molecule has 2 N–H and O–H groups in total. The summed E-state index contributed by atoms with van der Waals surface area (Å²) in [5.74, 6) is -0.847. The van der Waals surface area contributed by atoms with E-state index in [1.807, 2.05) is 0 Å². The predicted molar refractivity (Wildman–Crippen MR) is 109 cm³/mol. The van der Waals surface area contributed by atoms with Gasteiger partial charge in [0.05, 0.1) is 23.2 Å². The molecule has 1 aromatic carbocycles. The maximum Gasteiger partial charge on any atom is 0.413 e. The molecule has 3 atom stereocenters. The number of nitro groups is 1. The summed E-state index contributed by atoms with van der Waals surface area (Å²) in [4.78, 5) is 28.5. The molecule has 1 amide bonds. The number of thioether (sulfide) groups is 1.